The van der Waals surface area contributed by atoms with Crippen LogP contribution in [0.1, 0.15) is 37.8 Å². The number of amides is 1. The number of hydrogen-bond acceptors (Lipinski definition) is 4. The molecule has 1 atom stereocenters. The summed E-state index contributed by atoms with van der Waals surface area (Å²) in [7, 11) is 1.66. The molecular formula is C19H23ClN4OS. The number of benzene rings is 1. The number of anilines is 1. The number of thioether (sulfide) groups is 1. The molecule has 2 aliphatic rings. The summed E-state index contributed by atoms with van der Waals surface area (Å²) < 4.78 is 0. The van der Waals surface area contributed by atoms with Crippen molar-refractivity contribution in [3.05, 3.63) is 28.9 Å². The minimum absolute atomic E-state index is 0.0343. The monoisotopic (exact) mass is 390 g/mol. The smallest absolute Gasteiger partial charge is 0.221 e. The van der Waals surface area contributed by atoms with Crippen molar-refractivity contribution in [3.63, 3.8) is 0 Å². The van der Waals surface area contributed by atoms with Crippen molar-refractivity contribution in [2.24, 2.45) is 4.99 Å². The first-order valence-electron chi connectivity index (χ1n) is 9.12. The second kappa shape index (κ2) is 7.53. The summed E-state index contributed by atoms with van der Waals surface area (Å²) in [6, 6.07) is 6.66. The van der Waals surface area contributed by atoms with E-state index in [9.17, 15) is 4.79 Å². The lowest BCUT2D eigenvalue weighted by atomic mass is 10.2. The average molecular weight is 391 g/mol. The summed E-state index contributed by atoms with van der Waals surface area (Å²) in [6.45, 7) is 0. The van der Waals surface area contributed by atoms with Gasteiger partial charge in [-0.25, -0.2) is 0 Å². The summed E-state index contributed by atoms with van der Waals surface area (Å²) in [5.74, 6) is 0.874. The third-order valence-electron chi connectivity index (χ3n) is 5.05. The highest BCUT2D eigenvalue weighted by Gasteiger charge is 2.23. The molecule has 0 saturated heterocycles. The second-order valence-corrected chi connectivity index (χ2v) is 8.45. The largest absolute Gasteiger partial charge is 0.381 e. The van der Waals surface area contributed by atoms with E-state index in [1.54, 1.807) is 18.8 Å². The number of aliphatic imine (C=N–C) groups is 1. The van der Waals surface area contributed by atoms with Gasteiger partial charge in [0.05, 0.1) is 22.9 Å². The van der Waals surface area contributed by atoms with Crippen LogP contribution >= 0.6 is 23.4 Å². The molecule has 2 aromatic rings. The van der Waals surface area contributed by atoms with Gasteiger partial charge in [0.1, 0.15) is 5.04 Å². The van der Waals surface area contributed by atoms with Crippen molar-refractivity contribution in [2.45, 2.75) is 44.2 Å². The van der Waals surface area contributed by atoms with Gasteiger partial charge >= 0.3 is 0 Å². The van der Waals surface area contributed by atoms with Gasteiger partial charge in [-0.3, -0.25) is 9.79 Å². The molecule has 0 bridgehead atoms. The van der Waals surface area contributed by atoms with Gasteiger partial charge in [-0.15, -0.1) is 11.8 Å². The van der Waals surface area contributed by atoms with Crippen LogP contribution in [-0.4, -0.2) is 40.8 Å². The average Bonchev–Trinajstić information content (AvgIpc) is 3.34. The maximum absolute atomic E-state index is 11.6. The van der Waals surface area contributed by atoms with E-state index in [4.69, 9.17) is 16.6 Å². The van der Waals surface area contributed by atoms with Gasteiger partial charge in [0.25, 0.3) is 0 Å². The standard InChI is InChI=1S/C19H23ClN4OS/c1-21-17(25)9-14-10-26-19(23-14)16-7-11-6-12(20)8-15(18(11)24-16)22-13-4-2-3-5-13/h6-8,13-14,22,24H,2-5,9-10H2,1H3,(H,21,25)/t14-/m1/s1. The fourth-order valence-corrected chi connectivity index (χ4v) is 4.97. The minimum Gasteiger partial charge on any atom is -0.381 e. The zero-order valence-corrected chi connectivity index (χ0v) is 16.3. The Kier molecular flexibility index (Phi) is 5.14. The van der Waals surface area contributed by atoms with Gasteiger partial charge in [0, 0.05) is 35.7 Å². The number of halogens is 1. The molecule has 0 radical (unpaired) electrons. The SMILES string of the molecule is CNC(=O)C[C@@H]1CSC(c2cc3cc(Cl)cc(NC4CCCC4)c3[nH]2)=N1. The highest BCUT2D eigenvalue weighted by Crippen LogP contribution is 2.33. The van der Waals surface area contributed by atoms with Gasteiger partial charge in [0.2, 0.25) is 5.91 Å². The zero-order chi connectivity index (χ0) is 18.1. The van der Waals surface area contributed by atoms with Crippen LogP contribution in [0.25, 0.3) is 10.9 Å². The molecule has 5 nitrogen and oxygen atoms in total. The van der Waals surface area contributed by atoms with E-state index in [1.165, 1.54) is 25.7 Å². The topological polar surface area (TPSA) is 69.3 Å². The lowest BCUT2D eigenvalue weighted by molar-refractivity contribution is -0.120. The molecule has 1 amide bonds. The van der Waals surface area contributed by atoms with Gasteiger partial charge < -0.3 is 15.6 Å². The van der Waals surface area contributed by atoms with Crippen LogP contribution in [0, 0.1) is 0 Å². The van der Waals surface area contributed by atoms with Crippen LogP contribution in [-0.2, 0) is 4.79 Å². The summed E-state index contributed by atoms with van der Waals surface area (Å²) in [6.07, 6.45) is 5.44. The van der Waals surface area contributed by atoms with E-state index in [-0.39, 0.29) is 11.9 Å². The van der Waals surface area contributed by atoms with Crippen LogP contribution < -0.4 is 10.6 Å². The molecule has 3 N–H and O–H groups in total. The number of fused-ring (bicyclic) bond motifs is 1. The Bertz CT molecular complexity index is 857. The van der Waals surface area contributed by atoms with Crippen molar-refractivity contribution in [3.8, 4) is 0 Å². The fourth-order valence-electron chi connectivity index (χ4n) is 3.71. The Morgan fingerprint density at radius 1 is 1.35 bits per heavy atom. The molecule has 0 spiro atoms. The molecule has 1 saturated carbocycles. The highest BCUT2D eigenvalue weighted by molar-refractivity contribution is 8.14. The number of aromatic amines is 1. The predicted molar refractivity (Wildman–Crippen MR) is 111 cm³/mol. The van der Waals surface area contributed by atoms with Crippen LogP contribution in [0.2, 0.25) is 5.02 Å². The number of hydrogen-bond donors (Lipinski definition) is 3. The number of carbonyl (C=O) groups is 1. The first kappa shape index (κ1) is 17.7. The van der Waals surface area contributed by atoms with E-state index in [0.717, 1.165) is 38.1 Å². The first-order valence-corrected chi connectivity index (χ1v) is 10.5. The third-order valence-corrected chi connectivity index (χ3v) is 6.42. The molecule has 1 aliphatic carbocycles. The van der Waals surface area contributed by atoms with E-state index < -0.39 is 0 Å². The van der Waals surface area contributed by atoms with Gasteiger partial charge in [-0.05, 0) is 31.0 Å². The molecule has 7 heteroatoms. The van der Waals surface area contributed by atoms with Crippen molar-refractivity contribution in [1.29, 1.82) is 0 Å². The number of nitrogens with one attached hydrogen (secondary N) is 3. The molecule has 2 heterocycles. The summed E-state index contributed by atoms with van der Waals surface area (Å²) >= 11 is 8.04. The Hall–Kier alpha value is -1.66. The third kappa shape index (κ3) is 3.71. The summed E-state index contributed by atoms with van der Waals surface area (Å²) in [5, 5.41) is 9.12. The van der Waals surface area contributed by atoms with E-state index in [2.05, 4.69) is 21.7 Å². The van der Waals surface area contributed by atoms with Gasteiger partial charge in [-0.2, -0.15) is 0 Å². The van der Waals surface area contributed by atoms with Crippen LogP contribution in [0.3, 0.4) is 0 Å². The van der Waals surface area contributed by atoms with Crippen LogP contribution in [0.15, 0.2) is 23.2 Å². The molecule has 4 rings (SSSR count). The van der Waals surface area contributed by atoms with E-state index in [1.807, 2.05) is 12.1 Å². The molecule has 26 heavy (non-hydrogen) atoms. The zero-order valence-electron chi connectivity index (χ0n) is 14.8. The highest BCUT2D eigenvalue weighted by atomic mass is 35.5. The Morgan fingerprint density at radius 2 is 2.15 bits per heavy atom. The lowest BCUT2D eigenvalue weighted by Gasteiger charge is -2.14. The quantitative estimate of drug-likeness (QED) is 0.717. The minimum atomic E-state index is 0.0343. The summed E-state index contributed by atoms with van der Waals surface area (Å²) in [4.78, 5) is 19.8. The lowest BCUT2D eigenvalue weighted by Crippen LogP contribution is -2.23. The summed E-state index contributed by atoms with van der Waals surface area (Å²) in [5.41, 5.74) is 3.15. The van der Waals surface area contributed by atoms with E-state index in [0.29, 0.717) is 12.5 Å². The van der Waals surface area contributed by atoms with E-state index >= 15 is 0 Å². The molecule has 1 aromatic heterocycles. The maximum atomic E-state index is 11.6. The Balaban J connectivity index is 1.61. The van der Waals surface area contributed by atoms with Gasteiger partial charge in [0.15, 0.2) is 0 Å². The Labute approximate surface area is 162 Å². The van der Waals surface area contributed by atoms with Gasteiger partial charge in [-0.1, -0.05) is 24.4 Å². The number of carbonyl (C=O) groups excluding carboxylic acids is 1. The first-order chi connectivity index (χ1) is 12.6. The van der Waals surface area contributed by atoms with Crippen molar-refractivity contribution in [1.82, 2.24) is 10.3 Å². The number of rotatable bonds is 5. The molecule has 1 aromatic carbocycles. The van der Waals surface area contributed by atoms with Crippen molar-refractivity contribution >= 4 is 50.9 Å². The molecule has 1 fully saturated rings. The molecular weight excluding hydrogens is 368 g/mol. The number of H-pyrrole nitrogens is 1. The molecule has 138 valence electrons. The second-order valence-electron chi connectivity index (χ2n) is 7.00. The fraction of sp³-hybridized carbons (Fsp3) is 0.474. The van der Waals surface area contributed by atoms with Crippen molar-refractivity contribution in [2.75, 3.05) is 18.1 Å². The maximum Gasteiger partial charge on any atom is 0.221 e. The number of aromatic nitrogens is 1. The number of nitrogens with zero attached hydrogens (tertiary/aromatic N) is 1. The Morgan fingerprint density at radius 3 is 2.92 bits per heavy atom. The predicted octanol–water partition coefficient (Wildman–Crippen LogP) is 4.17. The molecule has 0 unspecified atom stereocenters. The van der Waals surface area contributed by atoms with Crippen LogP contribution in [0.4, 0.5) is 5.69 Å². The van der Waals surface area contributed by atoms with Crippen LogP contribution in [0.5, 0.6) is 0 Å². The normalized spacial score (nSPS) is 20.5. The molecule has 1 aliphatic heterocycles. The van der Waals surface area contributed by atoms with Crippen molar-refractivity contribution < 1.29 is 4.79 Å².